The van der Waals surface area contributed by atoms with Gasteiger partial charge in [0.1, 0.15) is 17.0 Å². The van der Waals surface area contributed by atoms with E-state index in [1.807, 2.05) is 54.0 Å². The SMILES string of the molecule is Cc1cnc2ccc(-c3nc(C(=O)NCCn4cccn4)c(N)nc3-c3ccc[nH]3)cn12. The molecule has 5 rings (SSSR count). The van der Waals surface area contributed by atoms with E-state index < -0.39 is 0 Å². The van der Waals surface area contributed by atoms with Gasteiger partial charge in [-0.25, -0.2) is 15.0 Å². The van der Waals surface area contributed by atoms with Crippen LogP contribution in [-0.2, 0) is 6.54 Å². The number of carbonyl (C=O) groups is 1. The number of nitrogens with one attached hydrogen (secondary N) is 2. The van der Waals surface area contributed by atoms with E-state index in [1.165, 1.54) is 0 Å². The minimum Gasteiger partial charge on any atom is -0.382 e. The van der Waals surface area contributed by atoms with Crippen LogP contribution in [0.25, 0.3) is 28.3 Å². The monoisotopic (exact) mass is 427 g/mol. The molecule has 10 heteroatoms. The van der Waals surface area contributed by atoms with Crippen LogP contribution in [0.15, 0.2) is 61.3 Å². The molecular formula is C22H21N9O. The number of anilines is 1. The summed E-state index contributed by atoms with van der Waals surface area (Å²) in [7, 11) is 0. The van der Waals surface area contributed by atoms with E-state index in [4.69, 9.17) is 5.73 Å². The van der Waals surface area contributed by atoms with Gasteiger partial charge in [0.2, 0.25) is 0 Å². The number of carbonyl (C=O) groups excluding carboxylic acids is 1. The van der Waals surface area contributed by atoms with E-state index in [0.29, 0.717) is 24.5 Å². The van der Waals surface area contributed by atoms with Crippen LogP contribution < -0.4 is 11.1 Å². The Hall–Kier alpha value is -4.47. The molecule has 5 aromatic rings. The first-order chi connectivity index (χ1) is 15.6. The van der Waals surface area contributed by atoms with Crippen LogP contribution in [0.4, 0.5) is 5.82 Å². The Labute approximate surface area is 183 Å². The summed E-state index contributed by atoms with van der Waals surface area (Å²) in [6.45, 7) is 2.90. The first kappa shape index (κ1) is 19.5. The lowest BCUT2D eigenvalue weighted by atomic mass is 10.1. The molecular weight excluding hydrogens is 406 g/mol. The standard InChI is InChI=1S/C22H21N9O/c1-14-12-26-17-6-5-15(13-31(14)17)18-19(16-4-2-7-24-16)29-21(23)20(28-18)22(32)25-9-11-30-10-3-8-27-30/h2-8,10,12-13,24H,9,11H2,1H3,(H2,23,29)(H,25,32). The summed E-state index contributed by atoms with van der Waals surface area (Å²) in [5.74, 6) is -0.323. The van der Waals surface area contributed by atoms with E-state index in [9.17, 15) is 4.79 Å². The Bertz CT molecular complexity index is 1380. The zero-order valence-electron chi connectivity index (χ0n) is 17.4. The van der Waals surface area contributed by atoms with Gasteiger partial charge in [-0.1, -0.05) is 0 Å². The first-order valence-corrected chi connectivity index (χ1v) is 10.1. The van der Waals surface area contributed by atoms with Crippen molar-refractivity contribution in [2.75, 3.05) is 12.3 Å². The van der Waals surface area contributed by atoms with Gasteiger partial charge < -0.3 is 20.4 Å². The van der Waals surface area contributed by atoms with Crippen molar-refractivity contribution in [2.24, 2.45) is 0 Å². The number of nitrogen functional groups attached to an aromatic ring is 1. The average molecular weight is 427 g/mol. The van der Waals surface area contributed by atoms with Crippen LogP contribution in [0, 0.1) is 6.92 Å². The number of H-pyrrole nitrogens is 1. The summed E-state index contributed by atoms with van der Waals surface area (Å²) in [5, 5.41) is 6.97. The molecule has 0 saturated carbocycles. The molecule has 4 N–H and O–H groups in total. The zero-order valence-corrected chi connectivity index (χ0v) is 17.4. The summed E-state index contributed by atoms with van der Waals surface area (Å²) in [6.07, 6.45) is 9.06. The molecule has 0 fully saturated rings. The van der Waals surface area contributed by atoms with E-state index >= 15 is 0 Å². The van der Waals surface area contributed by atoms with Crippen LogP contribution in [-0.4, -0.2) is 46.6 Å². The van der Waals surface area contributed by atoms with E-state index in [0.717, 1.165) is 22.6 Å². The van der Waals surface area contributed by atoms with Crippen molar-refractivity contribution < 1.29 is 4.79 Å². The Morgan fingerprint density at radius 1 is 1.19 bits per heavy atom. The number of hydrogen-bond donors (Lipinski definition) is 3. The maximum Gasteiger partial charge on any atom is 0.273 e. The third kappa shape index (κ3) is 3.58. The predicted octanol–water partition coefficient (Wildman–Crippen LogP) is 2.30. The van der Waals surface area contributed by atoms with Gasteiger partial charge in [0, 0.05) is 48.8 Å². The predicted molar refractivity (Wildman–Crippen MR) is 120 cm³/mol. The fourth-order valence-electron chi connectivity index (χ4n) is 3.53. The van der Waals surface area contributed by atoms with Crippen LogP contribution in [0.3, 0.4) is 0 Å². The van der Waals surface area contributed by atoms with Gasteiger partial charge in [-0.05, 0) is 37.3 Å². The molecule has 0 aliphatic rings. The van der Waals surface area contributed by atoms with Crippen molar-refractivity contribution in [1.29, 1.82) is 0 Å². The molecule has 32 heavy (non-hydrogen) atoms. The minimum atomic E-state index is -0.388. The molecule has 0 bridgehead atoms. The van der Waals surface area contributed by atoms with Crippen LogP contribution in [0.2, 0.25) is 0 Å². The van der Waals surface area contributed by atoms with Crippen molar-refractivity contribution in [1.82, 2.24) is 39.4 Å². The van der Waals surface area contributed by atoms with E-state index in [1.54, 1.807) is 23.3 Å². The number of aromatic amines is 1. The second kappa shape index (κ2) is 7.99. The number of aromatic nitrogens is 7. The molecule has 1 amide bonds. The molecule has 0 radical (unpaired) electrons. The second-order valence-corrected chi connectivity index (χ2v) is 7.31. The Kier molecular flexibility index (Phi) is 4.86. The number of rotatable bonds is 6. The number of nitrogens with two attached hydrogens (primary N) is 1. The highest BCUT2D eigenvalue weighted by Crippen LogP contribution is 2.30. The molecule has 0 saturated heterocycles. The normalized spacial score (nSPS) is 11.2. The van der Waals surface area contributed by atoms with E-state index in [-0.39, 0.29) is 17.4 Å². The highest BCUT2D eigenvalue weighted by molar-refractivity contribution is 5.97. The zero-order chi connectivity index (χ0) is 22.1. The van der Waals surface area contributed by atoms with Crippen LogP contribution in [0.1, 0.15) is 16.2 Å². The lowest BCUT2D eigenvalue weighted by Gasteiger charge is -2.13. The summed E-state index contributed by atoms with van der Waals surface area (Å²) < 4.78 is 3.70. The molecule has 5 aromatic heterocycles. The number of imidazole rings is 1. The van der Waals surface area contributed by atoms with E-state index in [2.05, 4.69) is 30.4 Å². The quantitative estimate of drug-likeness (QED) is 0.381. The van der Waals surface area contributed by atoms with Gasteiger partial charge in [0.15, 0.2) is 11.5 Å². The molecule has 10 nitrogen and oxygen atoms in total. The Balaban J connectivity index is 1.54. The van der Waals surface area contributed by atoms with Gasteiger partial charge in [0.25, 0.3) is 5.91 Å². The molecule has 5 heterocycles. The number of hydrogen-bond acceptors (Lipinski definition) is 6. The fourth-order valence-corrected chi connectivity index (χ4v) is 3.53. The topological polar surface area (TPSA) is 132 Å². The summed E-state index contributed by atoms with van der Waals surface area (Å²) in [6, 6.07) is 9.40. The maximum absolute atomic E-state index is 12.9. The van der Waals surface area contributed by atoms with Crippen molar-refractivity contribution in [3.8, 4) is 22.6 Å². The molecule has 0 atom stereocenters. The van der Waals surface area contributed by atoms with Gasteiger partial charge in [-0.15, -0.1) is 0 Å². The van der Waals surface area contributed by atoms with Gasteiger partial charge >= 0.3 is 0 Å². The smallest absolute Gasteiger partial charge is 0.273 e. The Morgan fingerprint density at radius 3 is 2.88 bits per heavy atom. The summed E-state index contributed by atoms with van der Waals surface area (Å²) >= 11 is 0. The third-order valence-corrected chi connectivity index (χ3v) is 5.14. The Morgan fingerprint density at radius 2 is 2.09 bits per heavy atom. The fraction of sp³-hybridized carbons (Fsp3) is 0.136. The van der Waals surface area contributed by atoms with Crippen molar-refractivity contribution >= 4 is 17.4 Å². The average Bonchev–Trinajstić information content (AvgIpc) is 3.56. The highest BCUT2D eigenvalue weighted by atomic mass is 16.1. The molecule has 0 spiro atoms. The third-order valence-electron chi connectivity index (χ3n) is 5.14. The van der Waals surface area contributed by atoms with Gasteiger partial charge in [-0.3, -0.25) is 9.48 Å². The number of pyridine rings is 1. The molecule has 0 aliphatic carbocycles. The molecule has 0 aliphatic heterocycles. The summed E-state index contributed by atoms with van der Waals surface area (Å²) in [5.41, 5.74) is 10.7. The molecule has 0 unspecified atom stereocenters. The van der Waals surface area contributed by atoms with Crippen LogP contribution >= 0.6 is 0 Å². The minimum absolute atomic E-state index is 0.0647. The molecule has 160 valence electrons. The van der Waals surface area contributed by atoms with Crippen LogP contribution in [0.5, 0.6) is 0 Å². The summed E-state index contributed by atoms with van der Waals surface area (Å²) in [4.78, 5) is 29.6. The lowest BCUT2D eigenvalue weighted by molar-refractivity contribution is 0.0947. The number of fused-ring (bicyclic) bond motifs is 1. The highest BCUT2D eigenvalue weighted by Gasteiger charge is 2.20. The largest absolute Gasteiger partial charge is 0.382 e. The number of nitrogens with zero attached hydrogens (tertiary/aromatic N) is 6. The number of aryl methyl sites for hydroxylation is 1. The van der Waals surface area contributed by atoms with Gasteiger partial charge in [0.05, 0.1) is 12.2 Å². The van der Waals surface area contributed by atoms with Crippen molar-refractivity contribution in [3.05, 3.63) is 72.7 Å². The second-order valence-electron chi connectivity index (χ2n) is 7.31. The van der Waals surface area contributed by atoms with Crippen molar-refractivity contribution in [2.45, 2.75) is 13.5 Å². The van der Waals surface area contributed by atoms with Gasteiger partial charge in [-0.2, -0.15) is 5.10 Å². The first-order valence-electron chi connectivity index (χ1n) is 10.1. The lowest BCUT2D eigenvalue weighted by Crippen LogP contribution is -2.29. The van der Waals surface area contributed by atoms with Crippen molar-refractivity contribution in [3.63, 3.8) is 0 Å². The molecule has 0 aromatic carbocycles. The maximum atomic E-state index is 12.9. The number of amides is 1.